The molecule has 29 heavy (non-hydrogen) atoms. The van der Waals surface area contributed by atoms with Gasteiger partial charge in [-0.15, -0.1) is 0 Å². The van der Waals surface area contributed by atoms with Crippen LogP contribution in [0, 0.1) is 0 Å². The van der Waals surface area contributed by atoms with Crippen molar-refractivity contribution in [2.75, 3.05) is 17.7 Å². The van der Waals surface area contributed by atoms with Gasteiger partial charge in [0.25, 0.3) is 5.91 Å². The molecule has 7 heteroatoms. The van der Waals surface area contributed by atoms with E-state index in [0.717, 1.165) is 5.56 Å². The first-order chi connectivity index (χ1) is 14.0. The van der Waals surface area contributed by atoms with Gasteiger partial charge < -0.3 is 21.1 Å². The summed E-state index contributed by atoms with van der Waals surface area (Å²) in [6, 6.07) is 20.3. The van der Waals surface area contributed by atoms with Crippen LogP contribution in [0.4, 0.5) is 11.4 Å². The van der Waals surface area contributed by atoms with Crippen LogP contribution in [0.1, 0.15) is 22.0 Å². The van der Waals surface area contributed by atoms with Gasteiger partial charge in [-0.3, -0.25) is 9.59 Å². The van der Waals surface area contributed by atoms with Crippen LogP contribution in [0.5, 0.6) is 5.75 Å². The number of carbonyl (C=O) groups is 2. The third kappa shape index (κ3) is 5.06. The fraction of sp³-hybridized carbons (Fsp3) is 0.0909. The van der Waals surface area contributed by atoms with Gasteiger partial charge in [0.1, 0.15) is 11.8 Å². The smallest absolute Gasteiger partial charge is 0.251 e. The summed E-state index contributed by atoms with van der Waals surface area (Å²) in [5, 5.41) is 6.46. The van der Waals surface area contributed by atoms with E-state index in [1.807, 2.05) is 30.3 Å². The molecule has 2 amide bonds. The molecular weight excluding hydrogens is 390 g/mol. The molecule has 3 rings (SSSR count). The Morgan fingerprint density at radius 1 is 0.966 bits per heavy atom. The van der Waals surface area contributed by atoms with Gasteiger partial charge in [-0.05, 0) is 48.0 Å². The lowest BCUT2D eigenvalue weighted by Gasteiger charge is -2.20. The van der Waals surface area contributed by atoms with Crippen molar-refractivity contribution < 1.29 is 14.3 Å². The van der Waals surface area contributed by atoms with Gasteiger partial charge in [0.15, 0.2) is 0 Å². The maximum absolute atomic E-state index is 13.0. The molecule has 0 aromatic heterocycles. The van der Waals surface area contributed by atoms with E-state index >= 15 is 0 Å². The number of ether oxygens (including phenoxy) is 1. The number of halogens is 1. The molecule has 0 aliphatic rings. The minimum atomic E-state index is -0.670. The molecule has 3 aromatic carbocycles. The molecule has 0 aliphatic carbocycles. The maximum Gasteiger partial charge on any atom is 0.251 e. The van der Waals surface area contributed by atoms with Gasteiger partial charge in [-0.2, -0.15) is 0 Å². The second kappa shape index (κ2) is 9.12. The first-order valence-electron chi connectivity index (χ1n) is 8.83. The molecule has 0 radical (unpaired) electrons. The molecule has 1 atom stereocenters. The number of rotatable bonds is 7. The Balaban J connectivity index is 1.84. The average Bonchev–Trinajstić information content (AvgIpc) is 2.73. The number of primary amides is 1. The molecule has 4 N–H and O–H groups in total. The monoisotopic (exact) mass is 409 g/mol. The number of carbonyl (C=O) groups excluding carboxylic acids is 2. The number of nitrogens with two attached hydrogens (primary N) is 1. The zero-order chi connectivity index (χ0) is 20.8. The van der Waals surface area contributed by atoms with Gasteiger partial charge in [0.2, 0.25) is 5.91 Å². The van der Waals surface area contributed by atoms with Crippen molar-refractivity contribution >= 4 is 34.8 Å². The summed E-state index contributed by atoms with van der Waals surface area (Å²) in [6.45, 7) is 0. The predicted octanol–water partition coefficient (Wildman–Crippen LogP) is 4.24. The molecular formula is C22H20ClN3O3. The minimum Gasteiger partial charge on any atom is -0.495 e. The highest BCUT2D eigenvalue weighted by atomic mass is 35.5. The van der Waals surface area contributed by atoms with Gasteiger partial charge in [-0.25, -0.2) is 0 Å². The topological polar surface area (TPSA) is 93.4 Å². The quantitative estimate of drug-likeness (QED) is 0.544. The summed E-state index contributed by atoms with van der Waals surface area (Å²) in [5.74, 6) is -0.251. The van der Waals surface area contributed by atoms with Crippen LogP contribution in [0.2, 0.25) is 5.02 Å². The summed E-state index contributed by atoms with van der Waals surface area (Å²) < 4.78 is 5.14. The molecule has 3 aromatic rings. The highest BCUT2D eigenvalue weighted by Gasteiger charge is 2.21. The normalized spacial score (nSPS) is 11.4. The van der Waals surface area contributed by atoms with Crippen LogP contribution in [0.15, 0.2) is 72.8 Å². The molecule has 0 saturated carbocycles. The van der Waals surface area contributed by atoms with Crippen molar-refractivity contribution in [3.05, 3.63) is 88.9 Å². The number of benzene rings is 3. The first-order valence-corrected chi connectivity index (χ1v) is 9.21. The van der Waals surface area contributed by atoms with Crippen LogP contribution in [-0.4, -0.2) is 18.9 Å². The Morgan fingerprint density at radius 2 is 1.62 bits per heavy atom. The zero-order valence-electron chi connectivity index (χ0n) is 15.7. The zero-order valence-corrected chi connectivity index (χ0v) is 16.4. The van der Waals surface area contributed by atoms with E-state index in [-0.39, 0.29) is 5.91 Å². The average molecular weight is 410 g/mol. The Hall–Kier alpha value is -3.51. The van der Waals surface area contributed by atoms with E-state index in [2.05, 4.69) is 10.6 Å². The number of hydrogen-bond acceptors (Lipinski definition) is 4. The Bertz CT molecular complexity index is 1010. The lowest BCUT2D eigenvalue weighted by atomic mass is 10.1. The van der Waals surface area contributed by atoms with Gasteiger partial charge >= 0.3 is 0 Å². The van der Waals surface area contributed by atoms with Crippen molar-refractivity contribution in [2.24, 2.45) is 5.73 Å². The lowest BCUT2D eigenvalue weighted by Crippen LogP contribution is -2.27. The van der Waals surface area contributed by atoms with E-state index in [0.29, 0.717) is 27.7 Å². The van der Waals surface area contributed by atoms with Crippen molar-refractivity contribution in [1.29, 1.82) is 0 Å². The molecule has 6 nitrogen and oxygen atoms in total. The number of nitrogens with one attached hydrogen (secondary N) is 2. The standard InChI is InChI=1S/C22H20ClN3O3/c1-29-19-12-11-17(13-18(19)23)26-22(28)20(14-5-3-2-4-6-14)25-16-9-7-15(8-10-16)21(24)27/h2-13,20,25H,1H3,(H2,24,27)(H,26,28). The van der Waals surface area contributed by atoms with E-state index in [9.17, 15) is 9.59 Å². The molecule has 0 saturated heterocycles. The van der Waals surface area contributed by atoms with E-state index in [4.69, 9.17) is 22.1 Å². The van der Waals surface area contributed by atoms with Crippen molar-refractivity contribution in [3.8, 4) is 5.75 Å². The maximum atomic E-state index is 13.0. The minimum absolute atomic E-state index is 0.267. The van der Waals surface area contributed by atoms with Crippen LogP contribution in [-0.2, 0) is 4.79 Å². The van der Waals surface area contributed by atoms with Crippen molar-refractivity contribution in [3.63, 3.8) is 0 Å². The van der Waals surface area contributed by atoms with Crippen LogP contribution in [0.25, 0.3) is 0 Å². The second-order valence-electron chi connectivity index (χ2n) is 6.27. The summed E-state index contributed by atoms with van der Waals surface area (Å²) in [7, 11) is 1.53. The number of amides is 2. The fourth-order valence-corrected chi connectivity index (χ4v) is 3.06. The number of hydrogen-bond donors (Lipinski definition) is 3. The summed E-state index contributed by atoms with van der Waals surface area (Å²) in [4.78, 5) is 24.3. The van der Waals surface area contributed by atoms with Gasteiger partial charge in [-0.1, -0.05) is 41.9 Å². The SMILES string of the molecule is COc1ccc(NC(=O)C(Nc2ccc(C(N)=O)cc2)c2ccccc2)cc1Cl. The number of anilines is 2. The molecule has 1 unspecified atom stereocenters. The Morgan fingerprint density at radius 3 is 2.21 bits per heavy atom. The molecule has 0 aliphatic heterocycles. The Labute approximate surface area is 173 Å². The van der Waals surface area contributed by atoms with E-state index in [1.165, 1.54) is 7.11 Å². The first kappa shape index (κ1) is 20.2. The van der Waals surface area contributed by atoms with Gasteiger partial charge in [0, 0.05) is 16.9 Å². The molecule has 0 heterocycles. The third-order valence-electron chi connectivity index (χ3n) is 4.29. The lowest BCUT2D eigenvalue weighted by molar-refractivity contribution is -0.117. The van der Waals surface area contributed by atoms with Crippen molar-refractivity contribution in [2.45, 2.75) is 6.04 Å². The molecule has 0 bridgehead atoms. The Kier molecular flexibility index (Phi) is 6.36. The highest BCUT2D eigenvalue weighted by molar-refractivity contribution is 6.32. The summed E-state index contributed by atoms with van der Waals surface area (Å²) >= 11 is 6.15. The number of methoxy groups -OCH3 is 1. The third-order valence-corrected chi connectivity index (χ3v) is 4.59. The highest BCUT2D eigenvalue weighted by Crippen LogP contribution is 2.28. The van der Waals surface area contributed by atoms with Gasteiger partial charge in [0.05, 0.1) is 12.1 Å². The largest absolute Gasteiger partial charge is 0.495 e. The molecule has 0 fully saturated rings. The molecule has 148 valence electrons. The fourth-order valence-electron chi connectivity index (χ4n) is 2.80. The second-order valence-corrected chi connectivity index (χ2v) is 6.68. The predicted molar refractivity (Wildman–Crippen MR) is 114 cm³/mol. The van der Waals surface area contributed by atoms with Crippen LogP contribution < -0.4 is 21.1 Å². The van der Waals surface area contributed by atoms with Crippen LogP contribution in [0.3, 0.4) is 0 Å². The summed E-state index contributed by atoms with van der Waals surface area (Å²) in [5.41, 5.74) is 7.68. The van der Waals surface area contributed by atoms with E-state index in [1.54, 1.807) is 42.5 Å². The molecule has 0 spiro atoms. The summed E-state index contributed by atoms with van der Waals surface area (Å²) in [6.07, 6.45) is 0. The van der Waals surface area contributed by atoms with Crippen molar-refractivity contribution in [1.82, 2.24) is 0 Å². The van der Waals surface area contributed by atoms with Crippen LogP contribution >= 0.6 is 11.6 Å². The van der Waals surface area contributed by atoms with E-state index < -0.39 is 11.9 Å².